The van der Waals surface area contributed by atoms with Crippen molar-refractivity contribution in [2.75, 3.05) is 25.5 Å². The van der Waals surface area contributed by atoms with Crippen LogP contribution in [0.2, 0.25) is 0 Å². The first-order chi connectivity index (χ1) is 15.7. The molecule has 4 heterocycles. The number of nitrogens with one attached hydrogen (secondary N) is 1. The van der Waals surface area contributed by atoms with Gasteiger partial charge in [-0.25, -0.2) is 9.67 Å². The van der Waals surface area contributed by atoms with Gasteiger partial charge in [0.05, 0.1) is 24.6 Å². The highest BCUT2D eigenvalue weighted by atomic mass is 32.1. The highest BCUT2D eigenvalue weighted by molar-refractivity contribution is 7.14. The molecule has 0 unspecified atom stereocenters. The Morgan fingerprint density at radius 2 is 2.03 bits per heavy atom. The molecule has 1 fully saturated rings. The van der Waals surface area contributed by atoms with Gasteiger partial charge in [0.2, 0.25) is 5.88 Å². The van der Waals surface area contributed by atoms with Crippen LogP contribution in [0.4, 0.5) is 18.3 Å². The van der Waals surface area contributed by atoms with E-state index in [0.29, 0.717) is 17.1 Å². The summed E-state index contributed by atoms with van der Waals surface area (Å²) < 4.78 is 46.9. The Hall–Kier alpha value is -3.06. The van der Waals surface area contributed by atoms with Crippen molar-refractivity contribution in [1.82, 2.24) is 29.9 Å². The van der Waals surface area contributed by atoms with Crippen LogP contribution in [0.25, 0.3) is 5.82 Å². The summed E-state index contributed by atoms with van der Waals surface area (Å²) >= 11 is 1.17. The van der Waals surface area contributed by atoms with Crippen molar-refractivity contribution in [1.29, 1.82) is 0 Å². The number of alkyl halides is 3. The van der Waals surface area contributed by atoms with Gasteiger partial charge < -0.3 is 4.74 Å². The second kappa shape index (κ2) is 9.43. The summed E-state index contributed by atoms with van der Waals surface area (Å²) in [6, 6.07) is 2.62. The van der Waals surface area contributed by atoms with Crippen LogP contribution in [0.1, 0.15) is 41.5 Å². The van der Waals surface area contributed by atoms with Gasteiger partial charge in [-0.05, 0) is 37.9 Å². The summed E-state index contributed by atoms with van der Waals surface area (Å²) in [7, 11) is 1.36. The normalized spacial score (nSPS) is 15.5. The zero-order valence-electron chi connectivity index (χ0n) is 18.0. The minimum absolute atomic E-state index is 0.135. The van der Waals surface area contributed by atoms with E-state index in [9.17, 15) is 18.0 Å². The first-order valence-electron chi connectivity index (χ1n) is 10.3. The van der Waals surface area contributed by atoms with Crippen LogP contribution in [0, 0.1) is 5.92 Å². The molecule has 33 heavy (non-hydrogen) atoms. The maximum atomic E-state index is 13.8. The van der Waals surface area contributed by atoms with E-state index in [-0.39, 0.29) is 16.8 Å². The van der Waals surface area contributed by atoms with E-state index in [0.717, 1.165) is 37.8 Å². The standard InChI is InChI=1S/C20H22F3N7O2S/c1-12-5-7-29(8-6-12)10-13-11-33-19(25-13)26-18(31)14-9-24-30(17(14)20(21,22)23)15-3-4-16(32-2)28-27-15/h3-4,9,11-12H,5-8,10H2,1-2H3,(H,25,26,31). The summed E-state index contributed by atoms with van der Waals surface area (Å²) in [4.78, 5) is 19.3. The van der Waals surface area contributed by atoms with Crippen LogP contribution in [0.3, 0.4) is 0 Å². The van der Waals surface area contributed by atoms with Crippen LogP contribution in [-0.4, -0.2) is 56.0 Å². The van der Waals surface area contributed by atoms with E-state index in [1.165, 1.54) is 30.6 Å². The smallest absolute Gasteiger partial charge is 0.434 e. The van der Waals surface area contributed by atoms with Gasteiger partial charge in [-0.3, -0.25) is 15.0 Å². The number of methoxy groups -OCH3 is 1. The van der Waals surface area contributed by atoms with Gasteiger partial charge in [0.15, 0.2) is 16.6 Å². The Morgan fingerprint density at radius 1 is 1.27 bits per heavy atom. The molecule has 0 aromatic carbocycles. The molecule has 176 valence electrons. The maximum absolute atomic E-state index is 13.8. The SMILES string of the molecule is COc1ccc(-n2ncc(C(=O)Nc3nc(CN4CCC(C)CC4)cs3)c2C(F)(F)F)nn1. The predicted octanol–water partition coefficient (Wildman–Crippen LogP) is 3.63. The fourth-order valence-corrected chi connectivity index (χ4v) is 4.24. The Labute approximate surface area is 191 Å². The average molecular weight is 482 g/mol. The number of piperidine rings is 1. The molecule has 3 aromatic rings. The van der Waals surface area contributed by atoms with Crippen LogP contribution in [0.15, 0.2) is 23.7 Å². The third kappa shape index (κ3) is 5.30. The fraction of sp³-hybridized carbons (Fsp3) is 0.450. The second-order valence-electron chi connectivity index (χ2n) is 7.81. The number of amides is 1. The molecule has 1 saturated heterocycles. The fourth-order valence-electron chi connectivity index (χ4n) is 3.55. The number of rotatable bonds is 6. The van der Waals surface area contributed by atoms with Crippen molar-refractivity contribution in [3.63, 3.8) is 0 Å². The second-order valence-corrected chi connectivity index (χ2v) is 8.67. The van der Waals surface area contributed by atoms with Gasteiger partial charge in [-0.15, -0.1) is 21.5 Å². The molecule has 1 N–H and O–H groups in total. The predicted molar refractivity (Wildman–Crippen MR) is 114 cm³/mol. The molecular weight excluding hydrogens is 459 g/mol. The third-order valence-corrected chi connectivity index (χ3v) is 6.18. The monoisotopic (exact) mass is 481 g/mol. The van der Waals surface area contributed by atoms with Crippen molar-refractivity contribution >= 4 is 22.4 Å². The Bertz CT molecular complexity index is 1110. The number of carbonyl (C=O) groups is 1. The lowest BCUT2D eigenvalue weighted by Crippen LogP contribution is -2.32. The number of aromatic nitrogens is 5. The van der Waals surface area contributed by atoms with Crippen LogP contribution >= 0.6 is 11.3 Å². The number of nitrogens with zero attached hydrogens (tertiary/aromatic N) is 6. The van der Waals surface area contributed by atoms with Crippen LogP contribution < -0.4 is 10.1 Å². The highest BCUT2D eigenvalue weighted by Gasteiger charge is 2.41. The van der Waals surface area contributed by atoms with E-state index in [1.54, 1.807) is 5.38 Å². The zero-order chi connectivity index (χ0) is 23.6. The zero-order valence-corrected chi connectivity index (χ0v) is 18.8. The van der Waals surface area contributed by atoms with E-state index in [2.05, 4.69) is 37.4 Å². The summed E-state index contributed by atoms with van der Waals surface area (Å²) in [5, 5.41) is 15.6. The molecule has 0 bridgehead atoms. The summed E-state index contributed by atoms with van der Waals surface area (Å²) in [5.41, 5.74) is -1.12. The Morgan fingerprint density at radius 3 is 2.67 bits per heavy atom. The van der Waals surface area contributed by atoms with E-state index in [1.807, 2.05) is 0 Å². The first kappa shape index (κ1) is 23.1. The highest BCUT2D eigenvalue weighted by Crippen LogP contribution is 2.34. The number of anilines is 1. The van der Waals surface area contributed by atoms with Gasteiger partial charge >= 0.3 is 6.18 Å². The minimum Gasteiger partial charge on any atom is -0.480 e. The molecule has 13 heteroatoms. The van der Waals surface area contributed by atoms with Crippen molar-refractivity contribution in [2.45, 2.75) is 32.5 Å². The summed E-state index contributed by atoms with van der Waals surface area (Å²) in [6.07, 6.45) is -1.76. The molecule has 1 aliphatic heterocycles. The number of hydrogen-bond donors (Lipinski definition) is 1. The minimum atomic E-state index is -4.86. The molecule has 3 aromatic heterocycles. The van der Waals surface area contributed by atoms with Gasteiger partial charge in [0, 0.05) is 18.0 Å². The third-order valence-electron chi connectivity index (χ3n) is 5.37. The number of carbonyl (C=O) groups excluding carboxylic acids is 1. The summed E-state index contributed by atoms with van der Waals surface area (Å²) in [5.74, 6) is -0.312. The molecule has 0 atom stereocenters. The molecule has 9 nitrogen and oxygen atoms in total. The number of hydrogen-bond acceptors (Lipinski definition) is 8. The molecule has 1 aliphatic rings. The molecule has 0 radical (unpaired) electrons. The van der Waals surface area contributed by atoms with E-state index in [4.69, 9.17) is 4.74 Å². The topological polar surface area (TPSA) is 98.1 Å². The largest absolute Gasteiger partial charge is 0.480 e. The number of thiazole rings is 1. The quantitative estimate of drug-likeness (QED) is 0.574. The lowest BCUT2D eigenvalue weighted by atomic mass is 9.99. The average Bonchev–Trinajstić information content (AvgIpc) is 3.42. The lowest BCUT2D eigenvalue weighted by molar-refractivity contribution is -0.143. The van der Waals surface area contributed by atoms with Crippen LogP contribution in [0.5, 0.6) is 5.88 Å². The van der Waals surface area contributed by atoms with Crippen molar-refractivity contribution in [3.8, 4) is 11.7 Å². The van der Waals surface area contributed by atoms with Gasteiger partial charge in [-0.1, -0.05) is 6.92 Å². The molecule has 0 spiro atoms. The lowest BCUT2D eigenvalue weighted by Gasteiger charge is -2.29. The molecule has 4 rings (SSSR count). The Kier molecular flexibility index (Phi) is 6.61. The van der Waals surface area contributed by atoms with Gasteiger partial charge in [0.25, 0.3) is 5.91 Å². The molecule has 0 aliphatic carbocycles. The van der Waals surface area contributed by atoms with E-state index < -0.39 is 23.3 Å². The summed E-state index contributed by atoms with van der Waals surface area (Å²) in [6.45, 7) is 4.82. The Balaban J connectivity index is 1.51. The van der Waals surface area contributed by atoms with Crippen LogP contribution in [-0.2, 0) is 12.7 Å². The molecule has 0 saturated carbocycles. The van der Waals surface area contributed by atoms with Crippen molar-refractivity contribution in [2.24, 2.45) is 5.92 Å². The molecular formula is C20H22F3N7O2S. The maximum Gasteiger partial charge on any atom is 0.434 e. The van der Waals surface area contributed by atoms with Crippen molar-refractivity contribution < 1.29 is 22.7 Å². The van der Waals surface area contributed by atoms with E-state index >= 15 is 0 Å². The van der Waals surface area contributed by atoms with Gasteiger partial charge in [0.1, 0.15) is 0 Å². The van der Waals surface area contributed by atoms with Crippen molar-refractivity contribution in [3.05, 3.63) is 40.7 Å². The molecule has 1 amide bonds. The number of ether oxygens (including phenoxy) is 1. The number of halogens is 3. The van der Waals surface area contributed by atoms with Gasteiger partial charge in [-0.2, -0.15) is 18.3 Å². The first-order valence-corrected chi connectivity index (χ1v) is 11.1. The number of likely N-dealkylation sites (tertiary alicyclic amines) is 1.